The van der Waals surface area contributed by atoms with Gasteiger partial charge in [-0.05, 0) is 188 Å². The Bertz CT molecular complexity index is 3590. The first-order valence-corrected chi connectivity index (χ1v) is 32.8. The topological polar surface area (TPSA) is 181 Å². The van der Waals surface area contributed by atoms with E-state index in [9.17, 15) is 19.2 Å². The maximum Gasteiger partial charge on any atom is 0.414 e. The molecule has 0 saturated heterocycles. The minimum atomic E-state index is -0.725. The van der Waals surface area contributed by atoms with E-state index >= 15 is 0 Å². The van der Waals surface area contributed by atoms with Crippen LogP contribution < -0.4 is 30.3 Å². The van der Waals surface area contributed by atoms with Crippen molar-refractivity contribution in [1.29, 1.82) is 0 Å². The van der Waals surface area contributed by atoms with Gasteiger partial charge in [-0.3, -0.25) is 25.8 Å². The van der Waals surface area contributed by atoms with Crippen LogP contribution in [0.1, 0.15) is 200 Å². The van der Waals surface area contributed by atoms with Gasteiger partial charge in [-0.1, -0.05) is 116 Å². The largest absolute Gasteiger partial charge is 0.444 e. The van der Waals surface area contributed by atoms with Crippen LogP contribution in [0, 0.1) is 26.2 Å². The number of quaternary nitrogens is 1. The number of carbonyl (C=O) groups excluding carboxylic acids is 4. The second-order valence-corrected chi connectivity index (χ2v) is 29.0. The predicted octanol–water partition coefficient (Wildman–Crippen LogP) is 19.3. The lowest BCUT2D eigenvalue weighted by Crippen LogP contribution is -2.71. The maximum atomic E-state index is 14.3. The van der Waals surface area contributed by atoms with Crippen LogP contribution in [0.5, 0.6) is 0 Å². The summed E-state index contributed by atoms with van der Waals surface area (Å²) in [6, 6.07) is 32.0. The molecule has 5 aromatic carbocycles. The molecule has 1 heterocycles. The smallest absolute Gasteiger partial charge is 0.414 e. The maximum absolute atomic E-state index is 14.3. The standard InChI is InChI=1S/C69H88N8O8.C5H12.C2H6/c1-45-40-50(34-35-52(45)73-62(78)82-66(5,6)7)71-55-42-47(3)59(44-56(55)70-49-30-24-22-25-31-49)76(65(81)85-69(14,15)16)39-29-21-19-17-18-20-28-38-75(64(80)84-68(11,12)13)58-37-36-53-61(48(58)4)77(51-32-26-23-27-33-51)60-43-54(46(2)41-57(60)72-53)74-63(79)83-67(8,9)10;1-5(2,3)4;1-2/h22-27,30-33,35-37,40-44,70H,17-21,28-29,34,38-39H2,1-16H3,(H,73,78);1-4H3;1-2H3/p+2. The van der Waals surface area contributed by atoms with E-state index in [4.69, 9.17) is 28.9 Å². The number of para-hydroxylation sites is 2. The Morgan fingerprint density at radius 3 is 1.57 bits per heavy atom. The Labute approximate surface area is 549 Å². The van der Waals surface area contributed by atoms with Crippen molar-refractivity contribution in [3.05, 3.63) is 137 Å². The summed E-state index contributed by atoms with van der Waals surface area (Å²) < 4.78 is 25.4. The molecule has 0 bridgehead atoms. The first-order valence-electron chi connectivity index (χ1n) is 32.8. The van der Waals surface area contributed by atoms with E-state index < -0.39 is 46.8 Å². The summed E-state index contributed by atoms with van der Waals surface area (Å²) in [5, 5.41) is 7.92. The van der Waals surface area contributed by atoms with Crippen molar-refractivity contribution >= 4 is 86.3 Å². The fourth-order valence-corrected chi connectivity index (χ4v) is 10.1. The van der Waals surface area contributed by atoms with Crippen LogP contribution in [0.3, 0.4) is 0 Å². The third kappa shape index (κ3) is 23.8. The van der Waals surface area contributed by atoms with Gasteiger partial charge in [0.15, 0.2) is 5.69 Å². The third-order valence-corrected chi connectivity index (χ3v) is 13.8. The summed E-state index contributed by atoms with van der Waals surface area (Å²) in [6.45, 7) is 43.8. The molecule has 0 aliphatic heterocycles. The fraction of sp³-hybridized carbons (Fsp3) is 0.487. The SMILES string of the molecule is CC.CC(C)(C)C.CC1=CC(=Nc2cc(C)c(N(CCCCCCCCCN(C(=O)OC(C)(C)C)c3ccc4nc5cc(C)c(NC(=O)OC(C)(C)C)cc5[n+](-c5ccccc5)c4c3C)C(=O)OC(C)(C)C)cc2[NH2+]c2ccccc2)CC=C1NC(=O)OC(C)(C)C. The minimum absolute atomic E-state index is 0.408. The predicted molar refractivity (Wildman–Crippen MR) is 378 cm³/mol. The van der Waals surface area contributed by atoms with Gasteiger partial charge in [0.05, 0.1) is 17.1 Å². The van der Waals surface area contributed by atoms with Gasteiger partial charge in [0, 0.05) is 60.7 Å². The van der Waals surface area contributed by atoms with Crippen molar-refractivity contribution in [3.63, 3.8) is 0 Å². The van der Waals surface area contributed by atoms with Crippen LogP contribution in [-0.2, 0) is 18.9 Å². The van der Waals surface area contributed by atoms with Gasteiger partial charge in [0.25, 0.3) is 0 Å². The molecule has 1 aliphatic rings. The number of nitrogens with zero attached hydrogens (tertiary/aromatic N) is 5. The molecule has 7 rings (SSSR count). The number of allylic oxidation sites excluding steroid dienone is 3. The van der Waals surface area contributed by atoms with Gasteiger partial charge in [-0.15, -0.1) is 4.57 Å². The van der Waals surface area contributed by atoms with Crippen molar-refractivity contribution in [3.8, 4) is 5.69 Å². The zero-order valence-corrected chi connectivity index (χ0v) is 59.5. The molecule has 92 heavy (non-hydrogen) atoms. The highest BCUT2D eigenvalue weighted by Gasteiger charge is 2.31. The Morgan fingerprint density at radius 2 is 1.05 bits per heavy atom. The van der Waals surface area contributed by atoms with Gasteiger partial charge in [0.2, 0.25) is 16.7 Å². The number of amides is 4. The number of fused-ring (bicyclic) bond motifs is 2. The molecule has 16 heteroatoms. The Balaban J connectivity index is 0.00000209. The van der Waals surface area contributed by atoms with Gasteiger partial charge < -0.3 is 18.9 Å². The molecule has 0 saturated carbocycles. The molecule has 0 spiro atoms. The van der Waals surface area contributed by atoms with Crippen LogP contribution in [0.15, 0.2) is 125 Å². The molecular formula is C76H108N8O8+2. The number of carbonyl (C=O) groups is 4. The number of aryl methyl sites for hydroxylation is 3. The zero-order valence-electron chi connectivity index (χ0n) is 59.5. The Morgan fingerprint density at radius 1 is 0.565 bits per heavy atom. The molecule has 0 fully saturated rings. The van der Waals surface area contributed by atoms with Crippen LogP contribution in [-0.4, -0.2) is 70.6 Å². The first-order chi connectivity index (χ1) is 42.9. The first kappa shape index (κ1) is 74.6. The number of unbranched alkanes of at least 4 members (excludes halogenated alkanes) is 6. The molecule has 0 unspecified atom stereocenters. The fourth-order valence-electron chi connectivity index (χ4n) is 10.1. The number of nitrogens with one attached hydrogen (secondary N) is 2. The van der Waals surface area contributed by atoms with Gasteiger partial charge in [0.1, 0.15) is 44.8 Å². The van der Waals surface area contributed by atoms with Crippen LogP contribution >= 0.6 is 0 Å². The average Bonchev–Trinajstić information content (AvgIpc) is 0.741. The molecule has 0 radical (unpaired) electrons. The second-order valence-electron chi connectivity index (χ2n) is 29.0. The summed E-state index contributed by atoms with van der Waals surface area (Å²) in [4.78, 5) is 68.0. The molecule has 16 nitrogen and oxygen atoms in total. The van der Waals surface area contributed by atoms with Gasteiger partial charge in [-0.2, -0.15) is 0 Å². The van der Waals surface area contributed by atoms with E-state index in [1.54, 1.807) is 9.80 Å². The number of hydrogen-bond acceptors (Lipinski definition) is 10. The number of rotatable bonds is 18. The highest BCUT2D eigenvalue weighted by atomic mass is 16.6. The van der Waals surface area contributed by atoms with E-state index in [1.165, 1.54) is 0 Å². The van der Waals surface area contributed by atoms with E-state index in [0.29, 0.717) is 36.3 Å². The number of hydrogen-bond donors (Lipinski definition) is 3. The lowest BCUT2D eigenvalue weighted by molar-refractivity contribution is -0.538. The lowest BCUT2D eigenvalue weighted by atomic mass is 10.0. The number of alkyl carbamates (subject to hydrolysis) is 1. The highest BCUT2D eigenvalue weighted by Crippen LogP contribution is 2.36. The van der Waals surface area contributed by atoms with Gasteiger partial charge in [-0.25, -0.2) is 29.2 Å². The van der Waals surface area contributed by atoms with Crippen molar-refractivity contribution in [2.45, 2.75) is 226 Å². The summed E-state index contributed by atoms with van der Waals surface area (Å²) in [5.74, 6) is 0. The van der Waals surface area contributed by atoms with Crippen molar-refractivity contribution < 1.29 is 48.0 Å². The summed E-state index contributed by atoms with van der Waals surface area (Å²) in [7, 11) is 0. The summed E-state index contributed by atoms with van der Waals surface area (Å²) in [5.41, 5.74) is 11.4. The molecule has 0 atom stereocenters. The molecule has 1 aliphatic carbocycles. The van der Waals surface area contributed by atoms with Crippen molar-refractivity contribution in [1.82, 2.24) is 10.3 Å². The third-order valence-electron chi connectivity index (χ3n) is 13.8. The minimum Gasteiger partial charge on any atom is -0.444 e. The molecule has 4 N–H and O–H groups in total. The average molecular weight is 1260 g/mol. The molecular weight excluding hydrogens is 1150 g/mol. The molecule has 498 valence electrons. The number of anilines is 3. The Kier molecular flexibility index (Phi) is 26.3. The van der Waals surface area contributed by atoms with E-state index in [0.717, 1.165) is 129 Å². The molecule has 6 aromatic rings. The highest BCUT2D eigenvalue weighted by molar-refractivity contribution is 6.01. The summed E-state index contributed by atoms with van der Waals surface area (Å²) >= 11 is 0. The number of aromatic nitrogens is 2. The number of benzene rings is 5. The normalized spacial score (nSPS) is 13.2. The number of aliphatic imine (C=N–C) groups is 1. The second kappa shape index (κ2) is 32.4. The Hall–Kier alpha value is -8.11. The molecule has 4 amide bonds. The van der Waals surface area contributed by atoms with Gasteiger partial charge >= 0.3 is 24.4 Å². The molecule has 1 aromatic heterocycles. The van der Waals surface area contributed by atoms with E-state index in [1.807, 2.05) is 234 Å². The van der Waals surface area contributed by atoms with Crippen molar-refractivity contribution in [2.75, 3.05) is 28.2 Å². The van der Waals surface area contributed by atoms with Crippen LogP contribution in [0.2, 0.25) is 0 Å². The number of nitrogens with two attached hydrogens (primary N) is 1. The zero-order chi connectivity index (χ0) is 68.5. The van der Waals surface area contributed by atoms with Crippen LogP contribution in [0.4, 0.5) is 53.3 Å². The summed E-state index contributed by atoms with van der Waals surface area (Å²) in [6.07, 6.45) is 8.77. The van der Waals surface area contributed by atoms with E-state index in [2.05, 4.69) is 48.2 Å². The number of ether oxygens (including phenoxy) is 4. The quantitative estimate of drug-likeness (QED) is 0.0248. The monoisotopic (exact) mass is 1260 g/mol. The van der Waals surface area contributed by atoms with Crippen LogP contribution in [0.25, 0.3) is 27.8 Å². The van der Waals surface area contributed by atoms with Crippen molar-refractivity contribution in [2.24, 2.45) is 10.4 Å². The van der Waals surface area contributed by atoms with E-state index in [-0.39, 0.29) is 0 Å². The lowest BCUT2D eigenvalue weighted by Gasteiger charge is -2.29.